The van der Waals surface area contributed by atoms with E-state index in [4.69, 9.17) is 0 Å². The summed E-state index contributed by atoms with van der Waals surface area (Å²) < 4.78 is 3.10. The molecule has 1 fully saturated rings. The van der Waals surface area contributed by atoms with Gasteiger partial charge in [-0.3, -0.25) is 18.8 Å². The first-order chi connectivity index (χ1) is 12.6. The van der Waals surface area contributed by atoms with Crippen LogP contribution >= 0.6 is 0 Å². The number of aromatic nitrogens is 5. The van der Waals surface area contributed by atoms with Crippen molar-refractivity contribution >= 4 is 17.6 Å². The van der Waals surface area contributed by atoms with E-state index in [9.17, 15) is 9.59 Å². The number of nitrogens with zero attached hydrogens (tertiary/aromatic N) is 6. The monoisotopic (exact) mass is 351 g/mol. The van der Waals surface area contributed by atoms with Gasteiger partial charge in [-0.05, 0) is 18.6 Å². The molecular formula is C17H17N7O2. The van der Waals surface area contributed by atoms with Crippen LogP contribution in [0.4, 0.5) is 5.82 Å². The summed E-state index contributed by atoms with van der Waals surface area (Å²) in [5.41, 5.74) is 0.517. The zero-order chi connectivity index (χ0) is 18.1. The molecule has 0 bridgehead atoms. The number of pyridine rings is 1. The van der Waals surface area contributed by atoms with Crippen LogP contribution in [0.15, 0.2) is 43.1 Å². The van der Waals surface area contributed by atoms with Gasteiger partial charge in [-0.2, -0.15) is 5.10 Å². The Morgan fingerprint density at radius 2 is 2.04 bits per heavy atom. The van der Waals surface area contributed by atoms with Gasteiger partial charge in [-0.25, -0.2) is 9.97 Å². The van der Waals surface area contributed by atoms with Crippen molar-refractivity contribution in [3.8, 4) is 5.82 Å². The number of nitrogens with one attached hydrogen (secondary N) is 1. The summed E-state index contributed by atoms with van der Waals surface area (Å²) >= 11 is 0. The van der Waals surface area contributed by atoms with Crippen LogP contribution in [0, 0.1) is 0 Å². The first kappa shape index (κ1) is 16.0. The fourth-order valence-corrected chi connectivity index (χ4v) is 2.75. The molecule has 3 aromatic rings. The van der Waals surface area contributed by atoms with Crippen molar-refractivity contribution in [2.75, 3.05) is 18.4 Å². The number of likely N-dealkylation sites (tertiary alicyclic amines) is 1. The van der Waals surface area contributed by atoms with E-state index in [1.54, 1.807) is 35.2 Å². The van der Waals surface area contributed by atoms with Crippen molar-refractivity contribution in [2.45, 2.75) is 6.42 Å². The third-order valence-electron chi connectivity index (χ3n) is 4.27. The largest absolute Gasteiger partial charge is 0.338 e. The van der Waals surface area contributed by atoms with Crippen LogP contribution in [-0.2, 0) is 7.05 Å². The van der Waals surface area contributed by atoms with Crippen LogP contribution in [0.5, 0.6) is 0 Å². The van der Waals surface area contributed by atoms with Crippen LogP contribution in [-0.4, -0.2) is 54.1 Å². The predicted octanol–water partition coefficient (Wildman–Crippen LogP) is 1.10. The fourth-order valence-electron chi connectivity index (χ4n) is 2.75. The number of aryl methyl sites for hydroxylation is 1. The molecule has 1 N–H and O–H groups in total. The molecule has 0 spiro atoms. The maximum absolute atomic E-state index is 12.7. The van der Waals surface area contributed by atoms with Crippen molar-refractivity contribution in [3.05, 3.63) is 54.4 Å². The molecule has 132 valence electrons. The van der Waals surface area contributed by atoms with Gasteiger partial charge in [0.15, 0.2) is 5.82 Å². The lowest BCUT2D eigenvalue weighted by atomic mass is 10.1. The number of carbonyl (C=O) groups is 2. The molecule has 0 aliphatic carbocycles. The van der Waals surface area contributed by atoms with Crippen molar-refractivity contribution < 1.29 is 9.59 Å². The Morgan fingerprint density at radius 1 is 1.19 bits per heavy atom. The first-order valence-electron chi connectivity index (χ1n) is 8.21. The van der Waals surface area contributed by atoms with Crippen molar-refractivity contribution in [1.82, 2.24) is 29.2 Å². The minimum Gasteiger partial charge on any atom is -0.338 e. The zero-order valence-corrected chi connectivity index (χ0v) is 14.2. The summed E-state index contributed by atoms with van der Waals surface area (Å²) in [5, 5.41) is 6.78. The second-order valence-electron chi connectivity index (χ2n) is 5.98. The van der Waals surface area contributed by atoms with Gasteiger partial charge in [-0.1, -0.05) is 6.07 Å². The predicted molar refractivity (Wildman–Crippen MR) is 93.0 cm³/mol. The topological polar surface area (TPSA) is 97.9 Å². The highest BCUT2D eigenvalue weighted by molar-refractivity contribution is 6.10. The summed E-state index contributed by atoms with van der Waals surface area (Å²) in [6.45, 7) is 1.42. The molecule has 4 rings (SSSR count). The number of hydrogen-bond donors (Lipinski definition) is 1. The Kier molecular flexibility index (Phi) is 3.96. The van der Waals surface area contributed by atoms with E-state index >= 15 is 0 Å². The highest BCUT2D eigenvalue weighted by Gasteiger charge is 2.28. The standard InChI is InChI=1S/C17H17N7O2/c1-22-15(12(9-20-22)17(26)23-7-4-8-23)16(25)21-13-10-24(11-19-13)14-5-2-3-6-18-14/h2-3,5-6,9-11H,4,7-8H2,1H3,(H,21,25). The first-order valence-corrected chi connectivity index (χ1v) is 8.21. The number of anilines is 1. The highest BCUT2D eigenvalue weighted by atomic mass is 16.2. The van der Waals surface area contributed by atoms with Gasteiger partial charge in [0, 0.05) is 26.3 Å². The SMILES string of the molecule is Cn1ncc(C(=O)N2CCC2)c1C(=O)Nc1cn(-c2ccccn2)cn1. The van der Waals surface area contributed by atoms with Crippen LogP contribution in [0.25, 0.3) is 5.82 Å². The smallest absolute Gasteiger partial charge is 0.275 e. The second kappa shape index (κ2) is 6.43. The van der Waals surface area contributed by atoms with E-state index in [0.717, 1.165) is 6.42 Å². The Morgan fingerprint density at radius 3 is 2.73 bits per heavy atom. The maximum atomic E-state index is 12.7. The Bertz CT molecular complexity index is 957. The summed E-state index contributed by atoms with van der Waals surface area (Å²) in [6, 6.07) is 5.52. The van der Waals surface area contributed by atoms with Gasteiger partial charge in [0.2, 0.25) is 0 Å². The van der Waals surface area contributed by atoms with Gasteiger partial charge in [0.05, 0.1) is 18.0 Å². The maximum Gasteiger partial charge on any atom is 0.275 e. The average molecular weight is 351 g/mol. The molecule has 2 amide bonds. The molecule has 26 heavy (non-hydrogen) atoms. The third-order valence-corrected chi connectivity index (χ3v) is 4.27. The molecule has 0 saturated carbocycles. The van der Waals surface area contributed by atoms with E-state index in [1.807, 2.05) is 18.2 Å². The summed E-state index contributed by atoms with van der Waals surface area (Å²) in [5.74, 6) is 0.451. The van der Waals surface area contributed by atoms with Crippen LogP contribution in [0.2, 0.25) is 0 Å². The summed E-state index contributed by atoms with van der Waals surface area (Å²) in [4.78, 5) is 35.3. The molecule has 1 aliphatic rings. The molecule has 0 unspecified atom stereocenters. The molecule has 0 radical (unpaired) electrons. The van der Waals surface area contributed by atoms with Crippen molar-refractivity contribution in [3.63, 3.8) is 0 Å². The zero-order valence-electron chi connectivity index (χ0n) is 14.2. The van der Waals surface area contributed by atoms with Gasteiger partial charge in [0.1, 0.15) is 17.8 Å². The average Bonchev–Trinajstić information content (AvgIpc) is 3.20. The number of amides is 2. The van der Waals surface area contributed by atoms with E-state index in [-0.39, 0.29) is 11.6 Å². The van der Waals surface area contributed by atoms with Gasteiger partial charge < -0.3 is 10.2 Å². The minimum absolute atomic E-state index is 0.173. The lowest BCUT2D eigenvalue weighted by molar-refractivity contribution is 0.0648. The Labute approximate surface area is 149 Å². The minimum atomic E-state index is -0.430. The quantitative estimate of drug-likeness (QED) is 0.759. The van der Waals surface area contributed by atoms with Gasteiger partial charge in [0.25, 0.3) is 11.8 Å². The molecule has 1 aliphatic heterocycles. The van der Waals surface area contributed by atoms with E-state index in [0.29, 0.717) is 30.3 Å². The molecule has 4 heterocycles. The Hall–Kier alpha value is -3.49. The normalized spacial score (nSPS) is 13.3. The fraction of sp³-hybridized carbons (Fsp3) is 0.235. The van der Waals surface area contributed by atoms with E-state index < -0.39 is 5.91 Å². The summed E-state index contributed by atoms with van der Waals surface area (Å²) in [6.07, 6.45) is 7.32. The number of carbonyl (C=O) groups excluding carboxylic acids is 2. The lowest BCUT2D eigenvalue weighted by Crippen LogP contribution is -2.42. The second-order valence-corrected chi connectivity index (χ2v) is 5.98. The van der Waals surface area contributed by atoms with Crippen LogP contribution in [0.1, 0.15) is 27.3 Å². The van der Waals surface area contributed by atoms with E-state index in [2.05, 4.69) is 20.4 Å². The van der Waals surface area contributed by atoms with Gasteiger partial charge >= 0.3 is 0 Å². The number of imidazole rings is 1. The molecule has 0 atom stereocenters. The van der Waals surface area contributed by atoms with E-state index in [1.165, 1.54) is 10.9 Å². The Balaban J connectivity index is 1.55. The van der Waals surface area contributed by atoms with Crippen molar-refractivity contribution in [2.24, 2.45) is 7.05 Å². The molecule has 1 saturated heterocycles. The molecule has 0 aromatic carbocycles. The number of rotatable bonds is 4. The third kappa shape index (κ3) is 2.83. The number of hydrogen-bond acceptors (Lipinski definition) is 5. The molecule has 9 nitrogen and oxygen atoms in total. The van der Waals surface area contributed by atoms with Crippen LogP contribution in [0.3, 0.4) is 0 Å². The van der Waals surface area contributed by atoms with Crippen LogP contribution < -0.4 is 5.32 Å². The van der Waals surface area contributed by atoms with Crippen molar-refractivity contribution in [1.29, 1.82) is 0 Å². The molecule has 3 aromatic heterocycles. The van der Waals surface area contributed by atoms with Gasteiger partial charge in [-0.15, -0.1) is 0 Å². The summed E-state index contributed by atoms with van der Waals surface area (Å²) in [7, 11) is 1.63. The molecule has 9 heteroatoms. The lowest BCUT2D eigenvalue weighted by Gasteiger charge is -2.30. The molecular weight excluding hydrogens is 334 g/mol. The highest BCUT2D eigenvalue weighted by Crippen LogP contribution is 2.17.